The number of anilines is 2. The monoisotopic (exact) mass is 391 g/mol. The summed E-state index contributed by atoms with van der Waals surface area (Å²) in [7, 11) is 0. The van der Waals surface area contributed by atoms with Gasteiger partial charge >= 0.3 is 0 Å². The summed E-state index contributed by atoms with van der Waals surface area (Å²) in [6, 6.07) is 9.21. The third kappa shape index (κ3) is 4.29. The number of hydrogen-bond acceptors (Lipinski definition) is 4. The molecule has 2 heterocycles. The maximum absolute atomic E-state index is 12.5. The van der Waals surface area contributed by atoms with Crippen molar-refractivity contribution in [3.63, 3.8) is 0 Å². The fourth-order valence-corrected chi connectivity index (χ4v) is 3.53. The van der Waals surface area contributed by atoms with Gasteiger partial charge in [-0.2, -0.15) is 5.10 Å². The molecule has 3 aromatic rings. The van der Waals surface area contributed by atoms with Crippen molar-refractivity contribution in [2.75, 3.05) is 10.6 Å². The topological polar surface area (TPSA) is 88.4 Å². The first-order chi connectivity index (χ1) is 13.9. The van der Waals surface area contributed by atoms with Gasteiger partial charge in [0.1, 0.15) is 0 Å². The predicted molar refractivity (Wildman–Crippen MR) is 112 cm³/mol. The van der Waals surface area contributed by atoms with E-state index in [0.29, 0.717) is 24.2 Å². The van der Waals surface area contributed by atoms with Crippen LogP contribution in [0.1, 0.15) is 41.9 Å². The van der Waals surface area contributed by atoms with Gasteiger partial charge in [0.05, 0.1) is 5.69 Å². The van der Waals surface area contributed by atoms with Crippen molar-refractivity contribution in [1.29, 1.82) is 0 Å². The van der Waals surface area contributed by atoms with Crippen LogP contribution in [0, 0.1) is 26.7 Å². The maximum atomic E-state index is 12.5. The number of aryl methyl sites for hydroxylation is 3. The Balaban J connectivity index is 1.40. The predicted octanol–water partition coefficient (Wildman–Crippen LogP) is 3.57. The maximum Gasteiger partial charge on any atom is 0.227 e. The number of rotatable bonds is 6. The number of aromatic nitrogens is 3. The lowest BCUT2D eigenvalue weighted by atomic mass is 10.1. The van der Waals surface area contributed by atoms with Crippen molar-refractivity contribution >= 4 is 28.8 Å². The molecule has 0 radical (unpaired) electrons. The summed E-state index contributed by atoms with van der Waals surface area (Å²) in [6.45, 7) is 5.92. The van der Waals surface area contributed by atoms with E-state index in [4.69, 9.17) is 0 Å². The lowest BCUT2D eigenvalue weighted by Crippen LogP contribution is -2.15. The minimum absolute atomic E-state index is 0.0520. The van der Waals surface area contributed by atoms with E-state index >= 15 is 0 Å². The first-order valence-electron chi connectivity index (χ1n) is 9.94. The molecule has 2 amide bonds. The van der Waals surface area contributed by atoms with E-state index in [2.05, 4.69) is 20.7 Å². The van der Waals surface area contributed by atoms with E-state index in [9.17, 15) is 9.59 Å². The van der Waals surface area contributed by atoms with Crippen molar-refractivity contribution in [3.05, 3.63) is 53.0 Å². The molecule has 7 heteroatoms. The number of nitrogens with one attached hydrogen (secondary N) is 2. The molecular weight excluding hydrogens is 366 g/mol. The molecule has 1 aliphatic rings. The molecule has 0 saturated heterocycles. The van der Waals surface area contributed by atoms with Crippen molar-refractivity contribution < 1.29 is 9.59 Å². The van der Waals surface area contributed by atoms with Gasteiger partial charge in [-0.3, -0.25) is 9.59 Å². The second kappa shape index (κ2) is 7.66. The first-order valence-corrected chi connectivity index (χ1v) is 9.94. The summed E-state index contributed by atoms with van der Waals surface area (Å²) in [5, 5.41) is 10.3. The van der Waals surface area contributed by atoms with Gasteiger partial charge in [-0.15, -0.1) is 0 Å². The number of carbonyl (C=O) groups excluding carboxylic acids is 2. The standard InChI is InChI=1S/C22H25N5O2/c1-13-11-20-23-14(2)19(15(3)27(20)26-13)9-10-21(28)24-17-5-4-6-18(12-17)25-22(29)16-7-8-16/h4-6,11-12,16H,7-10H2,1-3H3,(H,24,28)(H,25,29). The zero-order chi connectivity index (χ0) is 20.5. The van der Waals surface area contributed by atoms with Crippen LogP contribution in [0.5, 0.6) is 0 Å². The Morgan fingerprint density at radius 2 is 1.83 bits per heavy atom. The highest BCUT2D eigenvalue weighted by Crippen LogP contribution is 2.30. The third-order valence-electron chi connectivity index (χ3n) is 5.25. The van der Waals surface area contributed by atoms with Gasteiger partial charge in [-0.1, -0.05) is 6.07 Å². The van der Waals surface area contributed by atoms with Gasteiger partial charge < -0.3 is 10.6 Å². The Bertz CT molecular complexity index is 1100. The van der Waals surface area contributed by atoms with E-state index in [1.165, 1.54) is 0 Å². The summed E-state index contributed by atoms with van der Waals surface area (Å²) < 4.78 is 1.83. The van der Waals surface area contributed by atoms with Crippen LogP contribution >= 0.6 is 0 Å². The average molecular weight is 391 g/mol. The van der Waals surface area contributed by atoms with Gasteiger partial charge in [0.2, 0.25) is 11.8 Å². The quantitative estimate of drug-likeness (QED) is 0.672. The number of benzene rings is 1. The van der Waals surface area contributed by atoms with E-state index in [1.807, 2.05) is 49.6 Å². The van der Waals surface area contributed by atoms with E-state index < -0.39 is 0 Å². The van der Waals surface area contributed by atoms with Crippen molar-refractivity contribution in [1.82, 2.24) is 14.6 Å². The highest BCUT2D eigenvalue weighted by atomic mass is 16.2. The normalized spacial score (nSPS) is 13.5. The summed E-state index contributed by atoms with van der Waals surface area (Å²) in [5.74, 6) is 0.117. The molecule has 1 aliphatic carbocycles. The second-order valence-electron chi connectivity index (χ2n) is 7.71. The van der Waals surface area contributed by atoms with Gasteiger partial charge in [-0.05, 0) is 63.8 Å². The minimum Gasteiger partial charge on any atom is -0.326 e. The molecule has 7 nitrogen and oxygen atoms in total. The highest BCUT2D eigenvalue weighted by Gasteiger charge is 2.29. The van der Waals surface area contributed by atoms with Crippen LogP contribution in [0.25, 0.3) is 5.65 Å². The van der Waals surface area contributed by atoms with Gasteiger partial charge in [-0.25, -0.2) is 9.50 Å². The van der Waals surface area contributed by atoms with E-state index in [0.717, 1.165) is 41.1 Å². The molecule has 1 fully saturated rings. The Morgan fingerprint density at radius 3 is 2.55 bits per heavy atom. The fourth-order valence-electron chi connectivity index (χ4n) is 3.53. The Kier molecular flexibility index (Phi) is 5.05. The smallest absolute Gasteiger partial charge is 0.227 e. The van der Waals surface area contributed by atoms with Gasteiger partial charge in [0, 0.05) is 41.2 Å². The summed E-state index contributed by atoms with van der Waals surface area (Å²) >= 11 is 0. The number of amides is 2. The molecule has 150 valence electrons. The molecule has 2 aromatic heterocycles. The lowest BCUT2D eigenvalue weighted by Gasteiger charge is -2.12. The summed E-state index contributed by atoms with van der Waals surface area (Å²) in [4.78, 5) is 29.0. The van der Waals surface area contributed by atoms with E-state index in [-0.39, 0.29) is 17.7 Å². The highest BCUT2D eigenvalue weighted by molar-refractivity contribution is 5.96. The Morgan fingerprint density at radius 1 is 1.10 bits per heavy atom. The summed E-state index contributed by atoms with van der Waals surface area (Å²) in [5.41, 5.74) is 6.11. The zero-order valence-corrected chi connectivity index (χ0v) is 17.0. The molecule has 0 bridgehead atoms. The molecular formula is C22H25N5O2. The number of hydrogen-bond donors (Lipinski definition) is 2. The molecule has 0 atom stereocenters. The van der Waals surface area contributed by atoms with Crippen LogP contribution in [0.3, 0.4) is 0 Å². The van der Waals surface area contributed by atoms with Crippen molar-refractivity contribution in [2.24, 2.45) is 5.92 Å². The van der Waals surface area contributed by atoms with E-state index in [1.54, 1.807) is 6.07 Å². The number of fused-ring (bicyclic) bond motifs is 1. The molecule has 0 aliphatic heterocycles. The fraction of sp³-hybridized carbons (Fsp3) is 0.364. The molecule has 29 heavy (non-hydrogen) atoms. The van der Waals surface area contributed by atoms with Crippen molar-refractivity contribution in [3.8, 4) is 0 Å². The van der Waals surface area contributed by atoms with Crippen LogP contribution < -0.4 is 10.6 Å². The minimum atomic E-state index is -0.0776. The molecule has 4 rings (SSSR count). The molecule has 2 N–H and O–H groups in total. The van der Waals surface area contributed by atoms with Crippen LogP contribution in [0.2, 0.25) is 0 Å². The average Bonchev–Trinajstić information content (AvgIpc) is 3.44. The third-order valence-corrected chi connectivity index (χ3v) is 5.25. The number of carbonyl (C=O) groups is 2. The SMILES string of the molecule is Cc1cc2nc(C)c(CCC(=O)Nc3cccc(NC(=O)C4CC4)c3)c(C)n2n1. The molecule has 0 spiro atoms. The molecule has 1 aromatic carbocycles. The van der Waals surface area contributed by atoms with Crippen molar-refractivity contribution in [2.45, 2.75) is 46.5 Å². The Labute approximate surface area is 169 Å². The molecule has 0 unspecified atom stereocenters. The largest absolute Gasteiger partial charge is 0.326 e. The lowest BCUT2D eigenvalue weighted by molar-refractivity contribution is -0.117. The van der Waals surface area contributed by atoms with Crippen LogP contribution in [0.4, 0.5) is 11.4 Å². The number of nitrogens with zero attached hydrogens (tertiary/aromatic N) is 3. The van der Waals surface area contributed by atoms with Crippen LogP contribution in [0.15, 0.2) is 30.3 Å². The zero-order valence-electron chi connectivity index (χ0n) is 17.0. The Hall–Kier alpha value is -3.22. The first kappa shape index (κ1) is 19.1. The van der Waals surface area contributed by atoms with Crippen LogP contribution in [-0.4, -0.2) is 26.4 Å². The summed E-state index contributed by atoms with van der Waals surface area (Å²) in [6.07, 6.45) is 2.84. The molecule has 1 saturated carbocycles. The van der Waals surface area contributed by atoms with Gasteiger partial charge in [0.25, 0.3) is 0 Å². The van der Waals surface area contributed by atoms with Gasteiger partial charge in [0.15, 0.2) is 5.65 Å². The van der Waals surface area contributed by atoms with Crippen LogP contribution in [-0.2, 0) is 16.0 Å². The second-order valence-corrected chi connectivity index (χ2v) is 7.71.